The number of hydrogen-bond donors (Lipinski definition) is 0. The molecule has 0 aliphatic heterocycles. The minimum atomic E-state index is -0.879. The normalized spacial score (nSPS) is 10.1. The van der Waals surface area contributed by atoms with Gasteiger partial charge < -0.3 is 0 Å². The van der Waals surface area contributed by atoms with Crippen LogP contribution in [0.2, 0.25) is 0 Å². The Kier molecular flexibility index (Phi) is 5.00. The van der Waals surface area contributed by atoms with Gasteiger partial charge in [0.25, 0.3) is 5.69 Å². The molecule has 0 aliphatic rings. The molecule has 0 heterocycles. The second-order valence-corrected chi connectivity index (χ2v) is 4.20. The molecule has 2 rings (SSSR count). The van der Waals surface area contributed by atoms with Crippen LogP contribution in [0.4, 0.5) is 5.69 Å². The van der Waals surface area contributed by atoms with Gasteiger partial charge in [0, 0.05) is 6.07 Å². The van der Waals surface area contributed by atoms with Crippen molar-refractivity contribution in [1.82, 2.24) is 0 Å². The number of benzene rings is 2. The Morgan fingerprint density at radius 1 is 1.05 bits per heavy atom. The average Bonchev–Trinajstić information content (AvgIpc) is 2.52. The van der Waals surface area contributed by atoms with E-state index >= 15 is 0 Å². The van der Waals surface area contributed by atoms with Crippen molar-refractivity contribution in [3.63, 3.8) is 0 Å². The number of rotatable bonds is 6. The lowest BCUT2D eigenvalue weighted by Gasteiger charge is -2.04. The van der Waals surface area contributed by atoms with E-state index in [-0.39, 0.29) is 17.9 Å². The third kappa shape index (κ3) is 4.12. The monoisotopic (exact) mass is 287 g/mol. The van der Waals surface area contributed by atoms with Crippen LogP contribution < -0.4 is 0 Å². The first-order valence-corrected chi connectivity index (χ1v) is 6.29. The third-order valence-electron chi connectivity index (χ3n) is 2.77. The highest BCUT2D eigenvalue weighted by molar-refractivity contribution is 5.93. The molecule has 6 heteroatoms. The summed E-state index contributed by atoms with van der Waals surface area (Å²) in [7, 11) is 0. The van der Waals surface area contributed by atoms with Gasteiger partial charge in [0.1, 0.15) is 5.56 Å². The number of nitrogens with zero attached hydrogens (tertiary/aromatic N) is 1. The van der Waals surface area contributed by atoms with E-state index < -0.39 is 10.9 Å². The van der Waals surface area contributed by atoms with E-state index in [1.165, 1.54) is 24.3 Å². The Balaban J connectivity index is 1.86. The van der Waals surface area contributed by atoms with Crippen LogP contribution in [-0.2, 0) is 16.2 Å². The Labute approximate surface area is 121 Å². The quantitative estimate of drug-likeness (QED) is 0.353. The van der Waals surface area contributed by atoms with E-state index in [2.05, 4.69) is 4.89 Å². The Bertz CT molecular complexity index is 627. The topological polar surface area (TPSA) is 78.7 Å². The van der Waals surface area contributed by atoms with Crippen LogP contribution in [0.1, 0.15) is 15.9 Å². The number of para-hydroxylation sites is 1. The minimum Gasteiger partial charge on any atom is -0.293 e. The maximum absolute atomic E-state index is 11.7. The number of nitro benzene ring substituents is 1. The van der Waals surface area contributed by atoms with Gasteiger partial charge in [0.05, 0.1) is 11.5 Å². The predicted molar refractivity (Wildman–Crippen MR) is 74.6 cm³/mol. The molecule has 0 saturated carbocycles. The van der Waals surface area contributed by atoms with Gasteiger partial charge in [-0.25, -0.2) is 4.79 Å². The molecular formula is C15H13NO5. The summed E-state index contributed by atoms with van der Waals surface area (Å²) in [4.78, 5) is 31.3. The summed E-state index contributed by atoms with van der Waals surface area (Å²) in [5, 5.41) is 10.8. The molecular weight excluding hydrogens is 274 g/mol. The van der Waals surface area contributed by atoms with Crippen molar-refractivity contribution in [2.75, 3.05) is 6.61 Å². The van der Waals surface area contributed by atoms with E-state index in [1.54, 1.807) is 0 Å². The molecule has 0 radical (unpaired) electrons. The fourth-order valence-corrected chi connectivity index (χ4v) is 1.75. The third-order valence-corrected chi connectivity index (χ3v) is 2.77. The summed E-state index contributed by atoms with van der Waals surface area (Å²) in [5.74, 6) is -0.879. The molecule has 0 saturated heterocycles. The molecule has 0 aliphatic carbocycles. The Morgan fingerprint density at radius 3 is 2.43 bits per heavy atom. The molecule has 6 nitrogen and oxygen atoms in total. The van der Waals surface area contributed by atoms with Gasteiger partial charge in [-0.15, -0.1) is 0 Å². The van der Waals surface area contributed by atoms with Crippen LogP contribution in [0.15, 0.2) is 54.6 Å². The van der Waals surface area contributed by atoms with Crippen molar-refractivity contribution < 1.29 is 19.5 Å². The van der Waals surface area contributed by atoms with Gasteiger partial charge in [-0.1, -0.05) is 42.5 Å². The minimum absolute atomic E-state index is 0.137. The molecule has 0 N–H and O–H groups in total. The van der Waals surface area contributed by atoms with Crippen LogP contribution in [-0.4, -0.2) is 17.5 Å². The van der Waals surface area contributed by atoms with Crippen LogP contribution >= 0.6 is 0 Å². The van der Waals surface area contributed by atoms with E-state index in [9.17, 15) is 14.9 Å². The van der Waals surface area contributed by atoms with Gasteiger partial charge in [0.2, 0.25) is 0 Å². The summed E-state index contributed by atoms with van der Waals surface area (Å²) in [6.07, 6.45) is 0.574. The van der Waals surface area contributed by atoms with Crippen molar-refractivity contribution in [3.05, 3.63) is 75.8 Å². The van der Waals surface area contributed by atoms with E-state index in [4.69, 9.17) is 4.89 Å². The summed E-state index contributed by atoms with van der Waals surface area (Å²) in [6, 6.07) is 15.1. The lowest BCUT2D eigenvalue weighted by molar-refractivity contribution is -0.385. The summed E-state index contributed by atoms with van der Waals surface area (Å²) >= 11 is 0. The lowest BCUT2D eigenvalue weighted by atomic mass is 10.2. The zero-order valence-corrected chi connectivity index (χ0v) is 11.1. The van der Waals surface area contributed by atoms with Gasteiger partial charge >= 0.3 is 5.97 Å². The fourth-order valence-electron chi connectivity index (χ4n) is 1.75. The van der Waals surface area contributed by atoms with E-state index in [1.807, 2.05) is 30.3 Å². The molecule has 0 bridgehead atoms. The maximum Gasteiger partial charge on any atom is 0.380 e. The number of carbonyl (C=O) groups is 1. The van der Waals surface area contributed by atoms with Crippen molar-refractivity contribution in [3.8, 4) is 0 Å². The van der Waals surface area contributed by atoms with Crippen LogP contribution in [0.3, 0.4) is 0 Å². The van der Waals surface area contributed by atoms with Gasteiger partial charge in [-0.2, -0.15) is 4.89 Å². The predicted octanol–water partition coefficient (Wildman–Crippen LogP) is 2.93. The van der Waals surface area contributed by atoms with E-state index in [0.29, 0.717) is 6.42 Å². The molecule has 2 aromatic carbocycles. The molecule has 0 aromatic heterocycles. The first-order chi connectivity index (χ1) is 10.2. The zero-order valence-electron chi connectivity index (χ0n) is 11.1. The Hall–Kier alpha value is -2.73. The maximum atomic E-state index is 11.7. The van der Waals surface area contributed by atoms with Crippen molar-refractivity contribution in [2.45, 2.75) is 6.42 Å². The molecule has 21 heavy (non-hydrogen) atoms. The second kappa shape index (κ2) is 7.16. The van der Waals surface area contributed by atoms with E-state index in [0.717, 1.165) is 5.56 Å². The fraction of sp³-hybridized carbons (Fsp3) is 0.133. The largest absolute Gasteiger partial charge is 0.380 e. The zero-order chi connectivity index (χ0) is 15.1. The molecule has 0 fully saturated rings. The Morgan fingerprint density at radius 2 is 1.71 bits per heavy atom. The summed E-state index contributed by atoms with van der Waals surface area (Å²) in [5.41, 5.74) is 0.593. The number of nitro groups is 1. The molecule has 0 spiro atoms. The molecule has 0 amide bonds. The summed E-state index contributed by atoms with van der Waals surface area (Å²) in [6.45, 7) is 0.177. The SMILES string of the molecule is O=C(OOCCc1ccccc1)c1ccccc1[N+](=O)[O-]. The van der Waals surface area contributed by atoms with Crippen molar-refractivity contribution >= 4 is 11.7 Å². The van der Waals surface area contributed by atoms with Gasteiger partial charge in [-0.3, -0.25) is 15.0 Å². The highest BCUT2D eigenvalue weighted by Crippen LogP contribution is 2.18. The molecule has 0 atom stereocenters. The van der Waals surface area contributed by atoms with Gasteiger partial charge in [-0.05, 0) is 18.1 Å². The number of hydrogen-bond acceptors (Lipinski definition) is 5. The van der Waals surface area contributed by atoms with Crippen molar-refractivity contribution in [1.29, 1.82) is 0 Å². The van der Waals surface area contributed by atoms with Gasteiger partial charge in [0.15, 0.2) is 0 Å². The smallest absolute Gasteiger partial charge is 0.293 e. The van der Waals surface area contributed by atoms with Crippen molar-refractivity contribution in [2.24, 2.45) is 0 Å². The molecule has 2 aromatic rings. The molecule has 0 unspecified atom stereocenters. The number of carbonyl (C=O) groups excluding carboxylic acids is 1. The average molecular weight is 287 g/mol. The van der Waals surface area contributed by atoms with Crippen LogP contribution in [0.25, 0.3) is 0 Å². The standard InChI is InChI=1S/C15H13NO5/c17-15(13-8-4-5-9-14(13)16(18)19)21-20-11-10-12-6-2-1-3-7-12/h1-9H,10-11H2. The summed E-state index contributed by atoms with van der Waals surface area (Å²) < 4.78 is 0. The second-order valence-electron chi connectivity index (χ2n) is 4.20. The molecule has 108 valence electrons. The highest BCUT2D eigenvalue weighted by atomic mass is 17.2. The first kappa shape index (κ1) is 14.7. The lowest BCUT2D eigenvalue weighted by Crippen LogP contribution is -2.10. The first-order valence-electron chi connectivity index (χ1n) is 6.29. The van der Waals surface area contributed by atoms with Crippen LogP contribution in [0, 0.1) is 10.1 Å². The highest BCUT2D eigenvalue weighted by Gasteiger charge is 2.21. The van der Waals surface area contributed by atoms with Crippen LogP contribution in [0.5, 0.6) is 0 Å².